The van der Waals surface area contributed by atoms with Gasteiger partial charge in [0.2, 0.25) is 5.91 Å². The van der Waals surface area contributed by atoms with Gasteiger partial charge in [-0.15, -0.1) is 0 Å². The highest BCUT2D eigenvalue weighted by Gasteiger charge is 2.54. The van der Waals surface area contributed by atoms with Gasteiger partial charge in [-0.25, -0.2) is 9.69 Å². The Morgan fingerprint density at radius 2 is 1.92 bits per heavy atom. The Balaban J connectivity index is 1.70. The number of hydrogen-bond donors (Lipinski definition) is 3. The number of pyridine rings is 1. The second-order valence-corrected chi connectivity index (χ2v) is 7.23. The third-order valence-corrected chi connectivity index (χ3v) is 5.35. The lowest BCUT2D eigenvalue weighted by molar-refractivity contribution is -0.137. The number of imide groups is 1. The Morgan fingerprint density at radius 1 is 1.27 bits per heavy atom. The predicted octanol–water partition coefficient (Wildman–Crippen LogP) is 0.861. The fourth-order valence-electron chi connectivity index (χ4n) is 3.85. The fourth-order valence-corrected chi connectivity index (χ4v) is 3.85. The Kier molecular flexibility index (Phi) is 4.60. The molecule has 2 aliphatic rings. The van der Waals surface area contributed by atoms with Gasteiger partial charge >= 0.3 is 6.03 Å². The zero-order chi connectivity index (χ0) is 19.1. The molecule has 0 radical (unpaired) electrons. The van der Waals surface area contributed by atoms with Gasteiger partial charge in [-0.1, -0.05) is 12.8 Å². The summed E-state index contributed by atoms with van der Waals surface area (Å²) in [5.41, 5.74) is 0.892. The van der Waals surface area contributed by atoms with Crippen molar-refractivity contribution in [2.75, 3.05) is 0 Å². The average Bonchev–Trinajstić information content (AvgIpc) is 3.11. The van der Waals surface area contributed by atoms with Crippen LogP contribution in [0.5, 0.6) is 0 Å². The van der Waals surface area contributed by atoms with Gasteiger partial charge in [-0.05, 0) is 45.2 Å². The van der Waals surface area contributed by atoms with E-state index in [1.807, 2.05) is 6.07 Å². The first-order chi connectivity index (χ1) is 12.2. The molecule has 0 bridgehead atoms. The van der Waals surface area contributed by atoms with Gasteiger partial charge in [0.1, 0.15) is 11.6 Å². The minimum absolute atomic E-state index is 0.0411. The number of amides is 4. The lowest BCUT2D eigenvalue weighted by Gasteiger charge is -2.23. The maximum atomic E-state index is 12.7. The van der Waals surface area contributed by atoms with E-state index in [0.29, 0.717) is 18.4 Å². The molecule has 8 nitrogen and oxygen atoms in total. The monoisotopic (exact) mass is 360 g/mol. The van der Waals surface area contributed by atoms with Gasteiger partial charge in [-0.2, -0.15) is 0 Å². The fraction of sp³-hybridized carbons (Fsp3) is 0.556. The summed E-state index contributed by atoms with van der Waals surface area (Å²) in [4.78, 5) is 53.2. The van der Waals surface area contributed by atoms with Gasteiger partial charge in [0.05, 0.1) is 0 Å². The molecule has 8 heteroatoms. The molecule has 26 heavy (non-hydrogen) atoms. The van der Waals surface area contributed by atoms with E-state index in [4.69, 9.17) is 0 Å². The van der Waals surface area contributed by atoms with Crippen molar-refractivity contribution >= 4 is 17.8 Å². The lowest BCUT2D eigenvalue weighted by Crippen LogP contribution is -2.50. The first-order valence-electron chi connectivity index (χ1n) is 8.88. The van der Waals surface area contributed by atoms with Crippen LogP contribution in [0.4, 0.5) is 4.79 Å². The van der Waals surface area contributed by atoms with E-state index in [0.717, 1.165) is 29.0 Å². The molecular weight excluding hydrogens is 336 g/mol. The second kappa shape index (κ2) is 6.59. The van der Waals surface area contributed by atoms with Crippen molar-refractivity contribution in [3.8, 4) is 0 Å². The van der Waals surface area contributed by atoms with Crippen LogP contribution < -0.4 is 16.2 Å². The van der Waals surface area contributed by atoms with E-state index >= 15 is 0 Å². The van der Waals surface area contributed by atoms with Crippen molar-refractivity contribution in [3.05, 3.63) is 33.2 Å². The number of aromatic amines is 1. The number of carbonyl (C=O) groups is 3. The van der Waals surface area contributed by atoms with Crippen LogP contribution in [0.25, 0.3) is 0 Å². The second-order valence-electron chi connectivity index (χ2n) is 7.23. The van der Waals surface area contributed by atoms with E-state index < -0.39 is 23.5 Å². The van der Waals surface area contributed by atoms with E-state index in [1.54, 1.807) is 13.8 Å². The molecular formula is C18H24N4O4. The first-order valence-corrected chi connectivity index (χ1v) is 8.88. The number of aromatic nitrogens is 1. The molecule has 3 N–H and O–H groups in total. The van der Waals surface area contributed by atoms with Crippen LogP contribution in [-0.4, -0.2) is 39.3 Å². The predicted molar refractivity (Wildman–Crippen MR) is 94.4 cm³/mol. The molecule has 1 saturated carbocycles. The molecule has 2 heterocycles. The smallest absolute Gasteiger partial charge is 0.325 e. The number of urea groups is 1. The number of H-pyrrole nitrogens is 1. The van der Waals surface area contributed by atoms with Gasteiger partial charge in [-0.3, -0.25) is 14.4 Å². The highest BCUT2D eigenvalue weighted by Crippen LogP contribution is 2.35. The van der Waals surface area contributed by atoms with E-state index in [-0.39, 0.29) is 18.0 Å². The van der Waals surface area contributed by atoms with E-state index in [9.17, 15) is 19.2 Å². The van der Waals surface area contributed by atoms with Crippen molar-refractivity contribution < 1.29 is 14.4 Å². The molecule has 4 amide bonds. The van der Waals surface area contributed by atoms with Crippen LogP contribution in [0.2, 0.25) is 0 Å². The Hall–Kier alpha value is -2.64. The van der Waals surface area contributed by atoms with Crippen LogP contribution in [0.1, 0.15) is 49.4 Å². The van der Waals surface area contributed by atoms with Crippen LogP contribution in [-0.2, 0) is 16.1 Å². The summed E-state index contributed by atoms with van der Waals surface area (Å²) in [7, 11) is 0. The topological polar surface area (TPSA) is 111 Å². The number of nitrogens with zero attached hydrogens (tertiary/aromatic N) is 1. The number of carbonyl (C=O) groups excluding carboxylic acids is 3. The molecule has 1 aromatic rings. The quantitative estimate of drug-likeness (QED) is 0.692. The molecule has 140 valence electrons. The van der Waals surface area contributed by atoms with Crippen LogP contribution in [0, 0.1) is 13.8 Å². The van der Waals surface area contributed by atoms with E-state index in [2.05, 4.69) is 15.6 Å². The minimum Gasteiger partial charge on any atom is -0.350 e. The van der Waals surface area contributed by atoms with Gasteiger partial charge in [0, 0.05) is 17.8 Å². The Morgan fingerprint density at radius 3 is 2.54 bits per heavy atom. The van der Waals surface area contributed by atoms with Gasteiger partial charge < -0.3 is 15.6 Å². The molecule has 1 spiro atoms. The zero-order valence-electron chi connectivity index (χ0n) is 15.3. The van der Waals surface area contributed by atoms with Crippen LogP contribution >= 0.6 is 0 Å². The van der Waals surface area contributed by atoms with E-state index in [1.165, 1.54) is 6.92 Å². The highest BCUT2D eigenvalue weighted by atomic mass is 16.2. The van der Waals surface area contributed by atoms with Gasteiger partial charge in [0.15, 0.2) is 0 Å². The average molecular weight is 360 g/mol. The van der Waals surface area contributed by atoms with Crippen molar-refractivity contribution in [1.29, 1.82) is 0 Å². The molecule has 0 aromatic carbocycles. The molecule has 1 unspecified atom stereocenters. The summed E-state index contributed by atoms with van der Waals surface area (Å²) in [6, 6.07) is 0.365. The minimum atomic E-state index is -0.938. The molecule has 1 aliphatic heterocycles. The maximum Gasteiger partial charge on any atom is 0.325 e. The van der Waals surface area contributed by atoms with Crippen molar-refractivity contribution in [1.82, 2.24) is 20.5 Å². The highest BCUT2D eigenvalue weighted by molar-refractivity contribution is 6.09. The number of aryl methyl sites for hydroxylation is 2. The molecule has 3 rings (SSSR count). The van der Waals surface area contributed by atoms with Crippen molar-refractivity contribution in [2.24, 2.45) is 0 Å². The Labute approximate surface area is 151 Å². The zero-order valence-corrected chi connectivity index (χ0v) is 15.3. The number of rotatable bonds is 4. The van der Waals surface area contributed by atoms with Crippen molar-refractivity contribution in [2.45, 2.75) is 64.6 Å². The first kappa shape index (κ1) is 18.2. The summed E-state index contributed by atoms with van der Waals surface area (Å²) in [5, 5.41) is 5.43. The lowest BCUT2D eigenvalue weighted by atomic mass is 9.97. The Bertz CT molecular complexity index is 823. The largest absolute Gasteiger partial charge is 0.350 e. The summed E-state index contributed by atoms with van der Waals surface area (Å²) in [6.07, 6.45) is 2.99. The van der Waals surface area contributed by atoms with Crippen LogP contribution in [0.3, 0.4) is 0 Å². The summed E-state index contributed by atoms with van der Waals surface area (Å²) in [6.45, 7) is 5.15. The maximum absolute atomic E-state index is 12.7. The number of nitrogens with one attached hydrogen (secondary N) is 3. The third kappa shape index (κ3) is 3.00. The number of hydrogen-bond acceptors (Lipinski definition) is 4. The van der Waals surface area contributed by atoms with Crippen LogP contribution in [0.15, 0.2) is 10.9 Å². The summed E-state index contributed by atoms with van der Waals surface area (Å²) >= 11 is 0. The molecule has 1 aromatic heterocycles. The van der Waals surface area contributed by atoms with Crippen molar-refractivity contribution in [3.63, 3.8) is 0 Å². The molecule has 1 atom stereocenters. The standard InChI is InChI=1S/C18H24N4O4/c1-10-8-11(2)20-15(24)13(10)9-19-14(23)12(3)22-16(25)18(21-17(22)26)6-4-5-7-18/h8,12H,4-7,9H2,1-3H3,(H,19,23)(H,20,24)(H,21,26). The van der Waals surface area contributed by atoms with Gasteiger partial charge in [0.25, 0.3) is 11.5 Å². The summed E-state index contributed by atoms with van der Waals surface area (Å²) in [5.74, 6) is -0.796. The molecule has 1 aliphatic carbocycles. The normalized spacial score (nSPS) is 19.7. The third-order valence-electron chi connectivity index (χ3n) is 5.35. The SMILES string of the molecule is Cc1cc(C)c(CNC(=O)C(C)N2C(=O)NC3(CCCC3)C2=O)c(=O)[nH]1. The molecule has 2 fully saturated rings. The molecule has 1 saturated heterocycles. The summed E-state index contributed by atoms with van der Waals surface area (Å²) < 4.78 is 0.